The molecule has 1 aromatic carbocycles. The normalized spacial score (nSPS) is 22.0. The quantitative estimate of drug-likeness (QED) is 0.607. The molecule has 10 nitrogen and oxygen atoms in total. The van der Waals surface area contributed by atoms with Gasteiger partial charge in [-0.25, -0.2) is 9.59 Å². The summed E-state index contributed by atoms with van der Waals surface area (Å²) in [5.41, 5.74) is 0.384. The molecule has 4 rings (SSSR count). The molecular formula is C27H40N4O6. The number of nitrogens with zero attached hydrogens (tertiary/aromatic N) is 4. The van der Waals surface area contributed by atoms with Crippen LogP contribution in [0.25, 0.3) is 0 Å². The number of hydrogen-bond acceptors (Lipinski definition) is 7. The first-order chi connectivity index (χ1) is 17.7. The number of rotatable bonds is 4. The minimum Gasteiger partial charge on any atom is -0.445 e. The highest BCUT2D eigenvalue weighted by Gasteiger charge is 2.41. The van der Waals surface area contributed by atoms with Crippen LogP contribution in [0.3, 0.4) is 0 Å². The van der Waals surface area contributed by atoms with Crippen LogP contribution in [-0.4, -0.2) is 114 Å². The fourth-order valence-electron chi connectivity index (χ4n) is 5.10. The lowest BCUT2D eigenvalue weighted by Crippen LogP contribution is -2.64. The molecular weight excluding hydrogens is 476 g/mol. The highest BCUT2D eigenvalue weighted by molar-refractivity contribution is 5.86. The molecule has 3 aliphatic rings. The first-order valence-corrected chi connectivity index (χ1v) is 13.3. The largest absolute Gasteiger partial charge is 0.445 e. The number of ether oxygens (including phenoxy) is 3. The highest BCUT2D eigenvalue weighted by atomic mass is 16.6. The SMILES string of the molecule is CC(C)(C)OC(=O)N1CCC(N2CCN(C(=O)OCc3ccccc3)C(C(=O)N3CCOCC3)C2)CC1. The fraction of sp³-hybridized carbons (Fsp3) is 0.667. The van der Waals surface area contributed by atoms with E-state index in [1.54, 1.807) is 14.7 Å². The molecule has 0 aliphatic carbocycles. The molecule has 3 saturated heterocycles. The van der Waals surface area contributed by atoms with E-state index in [2.05, 4.69) is 4.90 Å². The monoisotopic (exact) mass is 516 g/mol. The molecule has 1 atom stereocenters. The van der Waals surface area contributed by atoms with Gasteiger partial charge in [0.1, 0.15) is 18.2 Å². The van der Waals surface area contributed by atoms with Gasteiger partial charge in [-0.1, -0.05) is 30.3 Å². The van der Waals surface area contributed by atoms with E-state index in [1.165, 1.54) is 0 Å². The Kier molecular flexibility index (Phi) is 8.91. The number of morpholine rings is 1. The molecule has 37 heavy (non-hydrogen) atoms. The molecule has 0 spiro atoms. The zero-order chi connectivity index (χ0) is 26.4. The van der Waals surface area contributed by atoms with Crippen LogP contribution in [-0.2, 0) is 25.6 Å². The van der Waals surface area contributed by atoms with Crippen molar-refractivity contribution in [1.82, 2.24) is 19.6 Å². The third-order valence-corrected chi connectivity index (χ3v) is 7.09. The molecule has 0 aromatic heterocycles. The van der Waals surface area contributed by atoms with Gasteiger partial charge in [-0.05, 0) is 39.2 Å². The van der Waals surface area contributed by atoms with Crippen molar-refractivity contribution < 1.29 is 28.6 Å². The summed E-state index contributed by atoms with van der Waals surface area (Å²) < 4.78 is 16.6. The summed E-state index contributed by atoms with van der Waals surface area (Å²) in [5.74, 6) is -0.0594. The van der Waals surface area contributed by atoms with E-state index in [4.69, 9.17) is 14.2 Å². The van der Waals surface area contributed by atoms with Gasteiger partial charge >= 0.3 is 12.2 Å². The van der Waals surface area contributed by atoms with Gasteiger partial charge in [0.05, 0.1) is 13.2 Å². The summed E-state index contributed by atoms with van der Waals surface area (Å²) in [4.78, 5) is 46.6. The van der Waals surface area contributed by atoms with Gasteiger partial charge in [-0.2, -0.15) is 0 Å². The Hall–Kier alpha value is -2.85. The second-order valence-electron chi connectivity index (χ2n) is 10.9. The maximum absolute atomic E-state index is 13.6. The first kappa shape index (κ1) is 27.2. The van der Waals surface area contributed by atoms with Crippen LogP contribution in [0.2, 0.25) is 0 Å². The smallest absolute Gasteiger partial charge is 0.410 e. The number of carbonyl (C=O) groups is 3. The molecule has 0 saturated carbocycles. The summed E-state index contributed by atoms with van der Waals surface area (Å²) in [6, 6.07) is 9.16. The average Bonchev–Trinajstić information content (AvgIpc) is 2.91. The summed E-state index contributed by atoms with van der Waals surface area (Å²) in [6.45, 7) is 10.6. The topological polar surface area (TPSA) is 91.9 Å². The van der Waals surface area contributed by atoms with Crippen molar-refractivity contribution in [2.75, 3.05) is 59.0 Å². The third kappa shape index (κ3) is 7.35. The van der Waals surface area contributed by atoms with Crippen molar-refractivity contribution in [2.24, 2.45) is 0 Å². The van der Waals surface area contributed by atoms with Crippen LogP contribution in [0.4, 0.5) is 9.59 Å². The summed E-state index contributed by atoms with van der Waals surface area (Å²) in [5, 5.41) is 0. The third-order valence-electron chi connectivity index (χ3n) is 7.09. The molecule has 10 heteroatoms. The number of likely N-dealkylation sites (tertiary alicyclic amines) is 1. The van der Waals surface area contributed by atoms with E-state index >= 15 is 0 Å². The van der Waals surface area contributed by atoms with E-state index in [0.717, 1.165) is 18.4 Å². The molecule has 3 heterocycles. The zero-order valence-electron chi connectivity index (χ0n) is 22.3. The molecule has 3 aliphatic heterocycles. The van der Waals surface area contributed by atoms with E-state index in [1.807, 2.05) is 51.1 Å². The molecule has 1 unspecified atom stereocenters. The van der Waals surface area contributed by atoms with Crippen molar-refractivity contribution in [3.63, 3.8) is 0 Å². The van der Waals surface area contributed by atoms with Gasteiger partial charge in [0.25, 0.3) is 0 Å². The number of piperazine rings is 1. The summed E-state index contributed by atoms with van der Waals surface area (Å²) in [6.07, 6.45) is 0.860. The van der Waals surface area contributed by atoms with Crippen LogP contribution in [0, 0.1) is 0 Å². The van der Waals surface area contributed by atoms with E-state index in [9.17, 15) is 14.4 Å². The highest BCUT2D eigenvalue weighted by Crippen LogP contribution is 2.24. The Morgan fingerprint density at radius 2 is 1.57 bits per heavy atom. The molecule has 0 bridgehead atoms. The maximum Gasteiger partial charge on any atom is 0.410 e. The molecule has 204 valence electrons. The predicted octanol–water partition coefficient (Wildman–Crippen LogP) is 2.57. The molecule has 3 amide bonds. The van der Waals surface area contributed by atoms with Crippen molar-refractivity contribution in [3.05, 3.63) is 35.9 Å². The molecule has 0 radical (unpaired) electrons. The van der Waals surface area contributed by atoms with Gasteiger partial charge in [0.2, 0.25) is 5.91 Å². The standard InChI is InChI=1S/C27H40N4O6/c1-27(2,3)37-25(33)29-11-9-22(10-12-29)30-13-14-31(26(34)36-20-21-7-5-4-6-8-21)23(19-30)24(32)28-15-17-35-18-16-28/h4-8,22-23H,9-20H2,1-3H3. The Bertz CT molecular complexity index is 923. The number of hydrogen-bond donors (Lipinski definition) is 0. The fourth-order valence-corrected chi connectivity index (χ4v) is 5.10. The Balaban J connectivity index is 1.38. The van der Waals surface area contributed by atoms with Gasteiger partial charge < -0.3 is 24.0 Å². The van der Waals surface area contributed by atoms with Crippen molar-refractivity contribution in [2.45, 2.75) is 57.9 Å². The zero-order valence-corrected chi connectivity index (χ0v) is 22.3. The van der Waals surface area contributed by atoms with Crippen molar-refractivity contribution in [3.8, 4) is 0 Å². The average molecular weight is 517 g/mol. The number of carbonyl (C=O) groups excluding carboxylic acids is 3. The number of piperidine rings is 1. The van der Waals surface area contributed by atoms with E-state index in [0.29, 0.717) is 59.0 Å². The summed E-state index contributed by atoms with van der Waals surface area (Å²) in [7, 11) is 0. The molecule has 0 N–H and O–H groups in total. The van der Waals surface area contributed by atoms with E-state index < -0.39 is 17.7 Å². The number of benzene rings is 1. The molecule has 1 aromatic rings. The predicted molar refractivity (Wildman–Crippen MR) is 137 cm³/mol. The van der Waals surface area contributed by atoms with Gasteiger partial charge in [-0.3, -0.25) is 14.6 Å². The second kappa shape index (κ2) is 12.1. The minimum atomic E-state index is -0.612. The number of amides is 3. The van der Waals surface area contributed by atoms with E-state index in [-0.39, 0.29) is 24.6 Å². The molecule has 3 fully saturated rings. The van der Waals surface area contributed by atoms with Crippen LogP contribution >= 0.6 is 0 Å². The lowest BCUT2D eigenvalue weighted by Gasteiger charge is -2.46. The van der Waals surface area contributed by atoms with Crippen LogP contribution in [0.1, 0.15) is 39.2 Å². The summed E-state index contributed by atoms with van der Waals surface area (Å²) >= 11 is 0. The first-order valence-electron chi connectivity index (χ1n) is 13.3. The Morgan fingerprint density at radius 1 is 0.892 bits per heavy atom. The Labute approximate surface area is 219 Å². The lowest BCUT2D eigenvalue weighted by atomic mass is 10.0. The van der Waals surface area contributed by atoms with Crippen molar-refractivity contribution >= 4 is 18.1 Å². The van der Waals surface area contributed by atoms with Crippen LogP contribution < -0.4 is 0 Å². The maximum atomic E-state index is 13.6. The van der Waals surface area contributed by atoms with Gasteiger partial charge in [0.15, 0.2) is 0 Å². The lowest BCUT2D eigenvalue weighted by molar-refractivity contribution is -0.143. The Morgan fingerprint density at radius 3 is 2.22 bits per heavy atom. The van der Waals surface area contributed by atoms with Crippen LogP contribution in [0.5, 0.6) is 0 Å². The van der Waals surface area contributed by atoms with Gasteiger partial charge in [0, 0.05) is 51.9 Å². The second-order valence-corrected chi connectivity index (χ2v) is 10.9. The van der Waals surface area contributed by atoms with Gasteiger partial charge in [-0.15, -0.1) is 0 Å². The van der Waals surface area contributed by atoms with Crippen molar-refractivity contribution in [1.29, 1.82) is 0 Å². The minimum absolute atomic E-state index is 0.0594. The van der Waals surface area contributed by atoms with Crippen LogP contribution in [0.15, 0.2) is 30.3 Å².